The van der Waals surface area contributed by atoms with Crippen molar-refractivity contribution >= 4 is 34.5 Å². The van der Waals surface area contributed by atoms with Crippen LogP contribution in [-0.2, 0) is 4.74 Å². The molecule has 0 aliphatic carbocycles. The summed E-state index contributed by atoms with van der Waals surface area (Å²) in [4.78, 5) is 0. The number of thiophene rings is 1. The van der Waals surface area contributed by atoms with Gasteiger partial charge in [-0.25, -0.2) is 0 Å². The Morgan fingerprint density at radius 3 is 2.67 bits per heavy atom. The number of rotatable bonds is 4. The van der Waals surface area contributed by atoms with E-state index < -0.39 is 0 Å². The summed E-state index contributed by atoms with van der Waals surface area (Å²) in [7, 11) is 0. The molecule has 0 spiro atoms. The summed E-state index contributed by atoms with van der Waals surface area (Å²) in [5.41, 5.74) is 1.43. The normalized spacial score (nSPS) is 20.9. The number of hydrogen-bond acceptors (Lipinski definition) is 3. The molecule has 1 fully saturated rings. The molecule has 1 N–H and O–H groups in total. The predicted octanol–water partition coefficient (Wildman–Crippen LogP) is 4.52. The van der Waals surface area contributed by atoms with E-state index in [0.29, 0.717) is 5.41 Å². The van der Waals surface area contributed by atoms with Gasteiger partial charge in [-0.1, -0.05) is 30.1 Å². The summed E-state index contributed by atoms with van der Waals surface area (Å²) < 4.78 is 6.95. The van der Waals surface area contributed by atoms with Gasteiger partial charge in [0.2, 0.25) is 0 Å². The fourth-order valence-electron chi connectivity index (χ4n) is 2.20. The zero-order valence-electron chi connectivity index (χ0n) is 10.8. The van der Waals surface area contributed by atoms with Gasteiger partial charge in [-0.3, -0.25) is 0 Å². The molecule has 5 heteroatoms. The predicted molar refractivity (Wildman–Crippen MR) is 78.9 cm³/mol. The molecule has 0 amide bonds. The summed E-state index contributed by atoms with van der Waals surface area (Å²) in [5.74, 6) is 0. The third-order valence-electron chi connectivity index (χ3n) is 3.68. The quantitative estimate of drug-likeness (QED) is 0.883. The summed E-state index contributed by atoms with van der Waals surface area (Å²) in [6.07, 6.45) is 2.23. The van der Waals surface area contributed by atoms with Gasteiger partial charge in [0.15, 0.2) is 0 Å². The Balaban J connectivity index is 1.91. The smallest absolute Gasteiger partial charge is 0.0991 e. The van der Waals surface area contributed by atoms with Crippen LogP contribution in [0.5, 0.6) is 0 Å². The third kappa shape index (κ3) is 3.61. The first kappa shape index (κ1) is 14.6. The van der Waals surface area contributed by atoms with Crippen LogP contribution in [0, 0.1) is 5.41 Å². The number of ether oxygens (including phenoxy) is 1. The molecule has 1 aliphatic heterocycles. The van der Waals surface area contributed by atoms with E-state index in [4.69, 9.17) is 27.9 Å². The van der Waals surface area contributed by atoms with Crippen molar-refractivity contribution in [3.8, 4) is 0 Å². The van der Waals surface area contributed by atoms with E-state index >= 15 is 0 Å². The van der Waals surface area contributed by atoms with Gasteiger partial charge in [0.1, 0.15) is 0 Å². The molecule has 2 nitrogen and oxygen atoms in total. The maximum absolute atomic E-state index is 6.17. The van der Waals surface area contributed by atoms with Gasteiger partial charge >= 0.3 is 0 Å². The van der Waals surface area contributed by atoms with Crippen LogP contribution < -0.4 is 5.32 Å². The molecule has 2 rings (SSSR count). The summed E-state index contributed by atoms with van der Waals surface area (Å²) >= 11 is 13.6. The molecule has 0 radical (unpaired) electrons. The van der Waals surface area contributed by atoms with Gasteiger partial charge in [0.25, 0.3) is 0 Å². The van der Waals surface area contributed by atoms with E-state index in [1.807, 2.05) is 6.07 Å². The monoisotopic (exact) mass is 307 g/mol. The lowest BCUT2D eigenvalue weighted by Crippen LogP contribution is -2.37. The zero-order valence-corrected chi connectivity index (χ0v) is 13.1. The first-order valence-electron chi connectivity index (χ1n) is 6.26. The molecule has 1 saturated heterocycles. The Hall–Kier alpha value is 0.200. The molecule has 1 atom stereocenters. The molecule has 2 heterocycles. The van der Waals surface area contributed by atoms with Crippen LogP contribution in [-0.4, -0.2) is 19.8 Å². The van der Waals surface area contributed by atoms with Crippen LogP contribution >= 0.6 is 34.5 Å². The van der Waals surface area contributed by atoms with Gasteiger partial charge in [0.05, 0.1) is 8.67 Å². The van der Waals surface area contributed by atoms with Gasteiger partial charge < -0.3 is 10.1 Å². The average molecular weight is 308 g/mol. The number of halogens is 2. The van der Waals surface area contributed by atoms with Crippen molar-refractivity contribution in [2.45, 2.75) is 32.7 Å². The first-order valence-corrected chi connectivity index (χ1v) is 7.83. The van der Waals surface area contributed by atoms with E-state index in [0.717, 1.165) is 46.8 Å². The van der Waals surface area contributed by atoms with Gasteiger partial charge in [-0.15, -0.1) is 11.3 Å². The van der Waals surface area contributed by atoms with Gasteiger partial charge in [-0.05, 0) is 36.8 Å². The van der Waals surface area contributed by atoms with E-state index in [9.17, 15) is 0 Å². The molecular formula is C13H19Cl2NOS. The van der Waals surface area contributed by atoms with Crippen molar-refractivity contribution in [1.82, 2.24) is 5.32 Å². The van der Waals surface area contributed by atoms with Crippen LogP contribution in [0.25, 0.3) is 0 Å². The van der Waals surface area contributed by atoms with E-state index in [-0.39, 0.29) is 6.04 Å². The summed E-state index contributed by atoms with van der Waals surface area (Å²) in [5, 5.41) is 3.57. The number of hydrogen-bond donors (Lipinski definition) is 1. The summed E-state index contributed by atoms with van der Waals surface area (Å²) in [6.45, 7) is 7.18. The van der Waals surface area contributed by atoms with Crippen molar-refractivity contribution in [2.75, 3.05) is 19.8 Å². The van der Waals surface area contributed by atoms with Crippen molar-refractivity contribution in [3.63, 3.8) is 0 Å². The van der Waals surface area contributed by atoms with Crippen LogP contribution in [0.1, 0.15) is 38.3 Å². The Morgan fingerprint density at radius 2 is 2.11 bits per heavy atom. The third-order valence-corrected chi connectivity index (χ3v) is 5.20. The maximum atomic E-state index is 6.17. The molecule has 18 heavy (non-hydrogen) atoms. The van der Waals surface area contributed by atoms with E-state index in [1.165, 1.54) is 11.3 Å². The SMILES string of the molecule is CC(NCC1(C)CCOCC1)c1cc(Cl)sc1Cl. The highest BCUT2D eigenvalue weighted by molar-refractivity contribution is 7.20. The minimum Gasteiger partial charge on any atom is -0.381 e. The Kier molecular flexibility index (Phi) is 4.95. The molecule has 0 bridgehead atoms. The number of nitrogens with one attached hydrogen (secondary N) is 1. The molecule has 1 aromatic heterocycles. The Morgan fingerprint density at radius 1 is 1.44 bits per heavy atom. The van der Waals surface area contributed by atoms with Crippen LogP contribution in [0.3, 0.4) is 0 Å². The fraction of sp³-hybridized carbons (Fsp3) is 0.692. The van der Waals surface area contributed by atoms with E-state index in [2.05, 4.69) is 19.2 Å². The molecular weight excluding hydrogens is 289 g/mol. The highest BCUT2D eigenvalue weighted by Gasteiger charge is 2.27. The fourth-order valence-corrected chi connectivity index (χ4v) is 3.84. The Bertz CT molecular complexity index is 402. The lowest BCUT2D eigenvalue weighted by atomic mass is 9.82. The molecule has 0 aromatic carbocycles. The van der Waals surface area contributed by atoms with Crippen LogP contribution in [0.15, 0.2) is 6.07 Å². The van der Waals surface area contributed by atoms with Crippen LogP contribution in [0.2, 0.25) is 8.67 Å². The second-order valence-corrected chi connectivity index (χ2v) is 7.59. The second-order valence-electron chi connectivity index (χ2n) is 5.31. The summed E-state index contributed by atoms with van der Waals surface area (Å²) in [6, 6.07) is 2.19. The first-order chi connectivity index (χ1) is 8.50. The van der Waals surface area contributed by atoms with E-state index in [1.54, 1.807) is 0 Å². The highest BCUT2D eigenvalue weighted by atomic mass is 35.5. The molecule has 1 aliphatic rings. The van der Waals surface area contributed by atoms with Crippen LogP contribution in [0.4, 0.5) is 0 Å². The van der Waals surface area contributed by atoms with Crippen molar-refractivity contribution in [1.29, 1.82) is 0 Å². The topological polar surface area (TPSA) is 21.3 Å². The minimum absolute atomic E-state index is 0.237. The minimum atomic E-state index is 0.237. The average Bonchev–Trinajstić information content (AvgIpc) is 2.67. The molecule has 102 valence electrons. The Labute approximate surface area is 123 Å². The molecule has 1 unspecified atom stereocenters. The lowest BCUT2D eigenvalue weighted by Gasteiger charge is -2.34. The van der Waals surface area contributed by atoms with Crippen molar-refractivity contribution < 1.29 is 4.74 Å². The second kappa shape index (κ2) is 6.10. The van der Waals surface area contributed by atoms with Gasteiger partial charge in [0, 0.05) is 25.8 Å². The van der Waals surface area contributed by atoms with Gasteiger partial charge in [-0.2, -0.15) is 0 Å². The maximum Gasteiger partial charge on any atom is 0.0991 e. The highest BCUT2D eigenvalue weighted by Crippen LogP contribution is 2.36. The largest absolute Gasteiger partial charge is 0.381 e. The van der Waals surface area contributed by atoms with Crippen molar-refractivity contribution in [2.24, 2.45) is 5.41 Å². The molecule has 0 saturated carbocycles. The lowest BCUT2D eigenvalue weighted by molar-refractivity contribution is 0.0231. The molecule has 1 aromatic rings. The standard InChI is InChI=1S/C13H19Cl2NOS/c1-9(10-7-11(14)18-12(10)15)16-8-13(2)3-5-17-6-4-13/h7,9,16H,3-6,8H2,1-2H3. The zero-order chi connectivity index (χ0) is 13.2. The van der Waals surface area contributed by atoms with Crippen molar-refractivity contribution in [3.05, 3.63) is 20.3 Å².